The van der Waals surface area contributed by atoms with Crippen molar-refractivity contribution in [2.24, 2.45) is 0 Å². The molecule has 1 atom stereocenters. The van der Waals surface area contributed by atoms with Crippen LogP contribution in [-0.2, 0) is 4.79 Å². The Morgan fingerprint density at radius 1 is 1.61 bits per heavy atom. The molecule has 2 rings (SSSR count). The summed E-state index contributed by atoms with van der Waals surface area (Å²) < 4.78 is 13.5. The van der Waals surface area contributed by atoms with Crippen molar-refractivity contribution in [2.45, 2.75) is 25.8 Å². The first kappa shape index (κ1) is 12.5. The van der Waals surface area contributed by atoms with Crippen LogP contribution in [0.25, 0.3) is 0 Å². The first-order chi connectivity index (χ1) is 8.69. The standard InChI is InChI=1S/C11H16FN5O/c1-2-13-11-15-6-8(12)10(17-11)16-7-3-4-9(18)14-5-7/h6-7H,2-5H2,1H3,(H,14,18)(H2,13,15,16,17). The highest BCUT2D eigenvalue weighted by Crippen LogP contribution is 2.15. The number of nitrogens with zero attached hydrogens (tertiary/aromatic N) is 2. The third-order valence-corrected chi connectivity index (χ3v) is 2.69. The molecular weight excluding hydrogens is 237 g/mol. The normalized spacial score (nSPS) is 19.2. The quantitative estimate of drug-likeness (QED) is 0.737. The van der Waals surface area contributed by atoms with Crippen molar-refractivity contribution in [1.82, 2.24) is 15.3 Å². The molecule has 1 unspecified atom stereocenters. The summed E-state index contributed by atoms with van der Waals surface area (Å²) in [5.41, 5.74) is 0. The van der Waals surface area contributed by atoms with E-state index in [2.05, 4.69) is 25.9 Å². The molecule has 3 N–H and O–H groups in total. The van der Waals surface area contributed by atoms with Crippen LogP contribution in [0, 0.1) is 5.82 Å². The molecule has 0 aliphatic carbocycles. The van der Waals surface area contributed by atoms with Crippen molar-refractivity contribution in [1.29, 1.82) is 0 Å². The number of carbonyl (C=O) groups is 1. The number of carbonyl (C=O) groups excluding carboxylic acids is 1. The van der Waals surface area contributed by atoms with Crippen LogP contribution >= 0.6 is 0 Å². The zero-order chi connectivity index (χ0) is 13.0. The maximum absolute atomic E-state index is 13.5. The molecule has 0 bridgehead atoms. The zero-order valence-electron chi connectivity index (χ0n) is 10.2. The topological polar surface area (TPSA) is 78.9 Å². The predicted octanol–water partition coefficient (Wildman–Crippen LogP) is 0.738. The lowest BCUT2D eigenvalue weighted by Gasteiger charge is -2.24. The lowest BCUT2D eigenvalue weighted by atomic mass is 10.1. The highest BCUT2D eigenvalue weighted by atomic mass is 19.1. The summed E-state index contributed by atoms with van der Waals surface area (Å²) in [6, 6.07) is 0.00146. The smallest absolute Gasteiger partial charge is 0.224 e. The second kappa shape index (κ2) is 5.61. The molecule has 2 heterocycles. The monoisotopic (exact) mass is 253 g/mol. The van der Waals surface area contributed by atoms with Gasteiger partial charge in [-0.2, -0.15) is 4.98 Å². The fraction of sp³-hybridized carbons (Fsp3) is 0.545. The fourth-order valence-corrected chi connectivity index (χ4v) is 1.76. The van der Waals surface area contributed by atoms with Gasteiger partial charge in [0.2, 0.25) is 11.9 Å². The molecule has 98 valence electrons. The van der Waals surface area contributed by atoms with E-state index in [0.29, 0.717) is 31.9 Å². The second-order valence-electron chi connectivity index (χ2n) is 4.10. The van der Waals surface area contributed by atoms with Crippen molar-refractivity contribution >= 4 is 17.7 Å². The van der Waals surface area contributed by atoms with Crippen molar-refractivity contribution in [3.05, 3.63) is 12.0 Å². The average Bonchev–Trinajstić information content (AvgIpc) is 2.36. The minimum atomic E-state index is -0.492. The molecule has 7 heteroatoms. The van der Waals surface area contributed by atoms with Crippen molar-refractivity contribution in [3.8, 4) is 0 Å². The second-order valence-corrected chi connectivity index (χ2v) is 4.10. The SMILES string of the molecule is CCNc1ncc(F)c(NC2CCC(=O)NC2)n1. The van der Waals surface area contributed by atoms with E-state index in [9.17, 15) is 9.18 Å². The minimum Gasteiger partial charge on any atom is -0.363 e. The Morgan fingerprint density at radius 3 is 3.11 bits per heavy atom. The molecule has 6 nitrogen and oxygen atoms in total. The van der Waals surface area contributed by atoms with E-state index < -0.39 is 5.82 Å². The summed E-state index contributed by atoms with van der Waals surface area (Å²) in [6.45, 7) is 3.07. The highest BCUT2D eigenvalue weighted by Gasteiger charge is 2.19. The van der Waals surface area contributed by atoms with Gasteiger partial charge in [0.15, 0.2) is 11.6 Å². The van der Waals surface area contributed by atoms with Gasteiger partial charge < -0.3 is 16.0 Å². The van der Waals surface area contributed by atoms with Gasteiger partial charge in [-0.3, -0.25) is 4.79 Å². The van der Waals surface area contributed by atoms with Crippen LogP contribution in [0.5, 0.6) is 0 Å². The van der Waals surface area contributed by atoms with E-state index in [1.165, 1.54) is 0 Å². The average molecular weight is 253 g/mol. The molecule has 18 heavy (non-hydrogen) atoms. The van der Waals surface area contributed by atoms with Gasteiger partial charge >= 0.3 is 0 Å². The van der Waals surface area contributed by atoms with Gasteiger partial charge in [-0.05, 0) is 13.3 Å². The molecule has 1 aliphatic heterocycles. The van der Waals surface area contributed by atoms with Gasteiger partial charge in [0.25, 0.3) is 0 Å². The van der Waals surface area contributed by atoms with Gasteiger partial charge in [-0.15, -0.1) is 0 Å². The predicted molar refractivity (Wildman–Crippen MR) is 65.8 cm³/mol. The maximum Gasteiger partial charge on any atom is 0.224 e. The molecule has 1 amide bonds. The Hall–Kier alpha value is -1.92. The number of aromatic nitrogens is 2. The van der Waals surface area contributed by atoms with E-state index in [1.54, 1.807) is 0 Å². The Bertz CT molecular complexity index is 429. The van der Waals surface area contributed by atoms with Gasteiger partial charge in [0, 0.05) is 25.6 Å². The Balaban J connectivity index is 2.03. The molecule has 1 aromatic heterocycles. The number of piperidine rings is 1. The molecule has 1 aromatic rings. The van der Waals surface area contributed by atoms with Crippen molar-refractivity contribution in [2.75, 3.05) is 23.7 Å². The summed E-state index contributed by atoms with van der Waals surface area (Å²) in [4.78, 5) is 18.9. The van der Waals surface area contributed by atoms with Crippen molar-refractivity contribution < 1.29 is 9.18 Å². The van der Waals surface area contributed by atoms with Crippen LogP contribution in [0.3, 0.4) is 0 Å². The Morgan fingerprint density at radius 2 is 2.44 bits per heavy atom. The minimum absolute atomic E-state index is 0.00146. The van der Waals surface area contributed by atoms with Crippen LogP contribution in [0.2, 0.25) is 0 Å². The van der Waals surface area contributed by atoms with E-state index >= 15 is 0 Å². The zero-order valence-corrected chi connectivity index (χ0v) is 10.2. The number of halogens is 1. The first-order valence-electron chi connectivity index (χ1n) is 5.98. The summed E-state index contributed by atoms with van der Waals surface area (Å²) in [5.74, 6) is 0.0986. The van der Waals surface area contributed by atoms with Crippen molar-refractivity contribution in [3.63, 3.8) is 0 Å². The third kappa shape index (κ3) is 3.06. The molecule has 0 spiro atoms. The van der Waals surface area contributed by atoms with E-state index in [-0.39, 0.29) is 17.8 Å². The van der Waals surface area contributed by atoms with Gasteiger partial charge in [0.1, 0.15) is 0 Å². The van der Waals surface area contributed by atoms with E-state index in [4.69, 9.17) is 0 Å². The molecular formula is C11H16FN5O. The summed E-state index contributed by atoms with van der Waals surface area (Å²) in [6.07, 6.45) is 2.25. The van der Waals surface area contributed by atoms with Gasteiger partial charge in [0.05, 0.1) is 6.20 Å². The fourth-order valence-electron chi connectivity index (χ4n) is 1.76. The largest absolute Gasteiger partial charge is 0.363 e. The Kier molecular flexibility index (Phi) is 3.91. The summed E-state index contributed by atoms with van der Waals surface area (Å²) >= 11 is 0. The number of hydrogen-bond acceptors (Lipinski definition) is 5. The summed E-state index contributed by atoms with van der Waals surface area (Å²) in [7, 11) is 0. The molecule has 1 fully saturated rings. The van der Waals surface area contributed by atoms with E-state index in [0.717, 1.165) is 6.20 Å². The van der Waals surface area contributed by atoms with Crippen LogP contribution in [0.1, 0.15) is 19.8 Å². The number of hydrogen-bond donors (Lipinski definition) is 3. The van der Waals surface area contributed by atoms with E-state index in [1.807, 2.05) is 6.92 Å². The number of amides is 1. The lowest BCUT2D eigenvalue weighted by molar-refractivity contribution is -0.122. The van der Waals surface area contributed by atoms with Crippen LogP contribution in [0.15, 0.2) is 6.20 Å². The molecule has 1 saturated heterocycles. The maximum atomic E-state index is 13.5. The first-order valence-corrected chi connectivity index (χ1v) is 5.98. The summed E-state index contributed by atoms with van der Waals surface area (Å²) in [5, 5.41) is 8.64. The molecule has 0 radical (unpaired) electrons. The van der Waals surface area contributed by atoms with Gasteiger partial charge in [-0.25, -0.2) is 9.37 Å². The van der Waals surface area contributed by atoms with Crippen LogP contribution in [-0.4, -0.2) is 35.0 Å². The highest BCUT2D eigenvalue weighted by molar-refractivity contribution is 5.77. The molecule has 1 aliphatic rings. The lowest BCUT2D eigenvalue weighted by Crippen LogP contribution is -2.42. The van der Waals surface area contributed by atoms with Crippen LogP contribution < -0.4 is 16.0 Å². The van der Waals surface area contributed by atoms with Crippen LogP contribution in [0.4, 0.5) is 16.2 Å². The number of rotatable bonds is 4. The number of anilines is 2. The molecule has 0 saturated carbocycles. The molecule has 0 aromatic carbocycles. The van der Waals surface area contributed by atoms with Gasteiger partial charge in [-0.1, -0.05) is 0 Å². The third-order valence-electron chi connectivity index (χ3n) is 2.69. The number of nitrogens with one attached hydrogen (secondary N) is 3. The Labute approximate surface area is 104 Å².